The number of hydrogen-bond donors (Lipinski definition) is 2. The van der Waals surface area contributed by atoms with Gasteiger partial charge in [0.05, 0.1) is 7.11 Å². The van der Waals surface area contributed by atoms with Gasteiger partial charge in [0.25, 0.3) is 0 Å². The molecule has 0 atom stereocenters. The minimum absolute atomic E-state index is 0.198. The molecule has 5 heteroatoms. The average molecular weight is 380 g/mol. The molecule has 2 aromatic carbocycles. The molecule has 0 fully saturated rings. The standard InChI is InChI=1S/C18H22BrNO3/c1-22-17-10-15(12-20-8-5-9-21)16(19)11-18(17)23-13-14-6-3-2-4-7-14/h2-4,6-7,10-11,20-21H,5,8-9,12-13H2,1H3. The molecule has 124 valence electrons. The van der Waals surface area contributed by atoms with Crippen molar-refractivity contribution >= 4 is 15.9 Å². The van der Waals surface area contributed by atoms with Crippen molar-refractivity contribution in [1.29, 1.82) is 0 Å². The van der Waals surface area contributed by atoms with Gasteiger partial charge in [-0.3, -0.25) is 0 Å². The number of rotatable bonds is 9. The summed E-state index contributed by atoms with van der Waals surface area (Å²) in [6.07, 6.45) is 0.743. The molecule has 4 nitrogen and oxygen atoms in total. The summed E-state index contributed by atoms with van der Waals surface area (Å²) in [5.74, 6) is 1.42. The van der Waals surface area contributed by atoms with Crippen molar-refractivity contribution < 1.29 is 14.6 Å². The van der Waals surface area contributed by atoms with E-state index in [1.807, 2.05) is 42.5 Å². The van der Waals surface area contributed by atoms with Gasteiger partial charge < -0.3 is 19.9 Å². The second-order valence-corrected chi connectivity index (χ2v) is 5.98. The Morgan fingerprint density at radius 3 is 2.61 bits per heavy atom. The minimum atomic E-state index is 0.198. The SMILES string of the molecule is COc1cc(CNCCCO)c(Br)cc1OCc1ccccc1. The normalized spacial score (nSPS) is 10.6. The summed E-state index contributed by atoms with van der Waals surface area (Å²) < 4.78 is 12.3. The molecule has 0 amide bonds. The fourth-order valence-corrected chi connectivity index (χ4v) is 2.61. The Hall–Kier alpha value is -1.56. The zero-order valence-corrected chi connectivity index (χ0v) is 14.8. The molecular formula is C18H22BrNO3. The smallest absolute Gasteiger partial charge is 0.162 e. The van der Waals surface area contributed by atoms with Gasteiger partial charge in [0.1, 0.15) is 6.61 Å². The molecule has 0 bridgehead atoms. The maximum Gasteiger partial charge on any atom is 0.162 e. The number of methoxy groups -OCH3 is 1. The van der Waals surface area contributed by atoms with Crippen molar-refractivity contribution in [3.05, 3.63) is 58.1 Å². The summed E-state index contributed by atoms with van der Waals surface area (Å²) in [6, 6.07) is 13.9. The number of ether oxygens (including phenoxy) is 2. The Bertz CT molecular complexity index is 605. The van der Waals surface area contributed by atoms with Gasteiger partial charge >= 0.3 is 0 Å². The summed E-state index contributed by atoms with van der Waals surface area (Å²) in [7, 11) is 1.64. The maximum absolute atomic E-state index is 8.80. The Kier molecular flexibility index (Phi) is 7.39. The highest BCUT2D eigenvalue weighted by Gasteiger charge is 2.10. The van der Waals surface area contributed by atoms with Crippen LogP contribution in [0.1, 0.15) is 17.5 Å². The lowest BCUT2D eigenvalue weighted by Gasteiger charge is -2.14. The van der Waals surface area contributed by atoms with Crippen molar-refractivity contribution in [3.8, 4) is 11.5 Å². The first kappa shape index (κ1) is 17.8. The highest BCUT2D eigenvalue weighted by Crippen LogP contribution is 2.34. The molecule has 0 saturated carbocycles. The first-order valence-electron chi connectivity index (χ1n) is 7.59. The predicted molar refractivity (Wildman–Crippen MR) is 94.9 cm³/mol. The number of aliphatic hydroxyl groups excluding tert-OH is 1. The highest BCUT2D eigenvalue weighted by atomic mass is 79.9. The molecule has 0 aromatic heterocycles. The quantitative estimate of drug-likeness (QED) is 0.654. The van der Waals surface area contributed by atoms with Gasteiger partial charge in [-0.05, 0) is 36.2 Å². The Morgan fingerprint density at radius 1 is 1.13 bits per heavy atom. The van der Waals surface area contributed by atoms with E-state index in [-0.39, 0.29) is 6.61 Å². The Morgan fingerprint density at radius 2 is 1.91 bits per heavy atom. The van der Waals surface area contributed by atoms with Crippen LogP contribution < -0.4 is 14.8 Å². The summed E-state index contributed by atoms with van der Waals surface area (Å²) in [6.45, 7) is 2.18. The molecule has 0 aliphatic rings. The van der Waals surface area contributed by atoms with E-state index in [9.17, 15) is 0 Å². The van der Waals surface area contributed by atoms with E-state index in [2.05, 4.69) is 21.2 Å². The molecule has 0 unspecified atom stereocenters. The number of halogens is 1. The van der Waals surface area contributed by atoms with Crippen LogP contribution in [0.2, 0.25) is 0 Å². The Labute approximate surface area is 145 Å². The third-order valence-electron chi connectivity index (χ3n) is 3.40. The van der Waals surface area contributed by atoms with Gasteiger partial charge in [0.2, 0.25) is 0 Å². The van der Waals surface area contributed by atoms with Gasteiger partial charge in [0, 0.05) is 17.6 Å². The summed E-state index contributed by atoms with van der Waals surface area (Å²) >= 11 is 3.58. The van der Waals surface area contributed by atoms with E-state index in [1.54, 1.807) is 7.11 Å². The average Bonchev–Trinajstić information content (AvgIpc) is 2.59. The lowest BCUT2D eigenvalue weighted by molar-refractivity contribution is 0.283. The molecule has 23 heavy (non-hydrogen) atoms. The Balaban J connectivity index is 2.03. The monoisotopic (exact) mass is 379 g/mol. The molecule has 0 spiro atoms. The van der Waals surface area contributed by atoms with Crippen molar-refractivity contribution in [3.63, 3.8) is 0 Å². The molecule has 0 heterocycles. The van der Waals surface area contributed by atoms with E-state index in [4.69, 9.17) is 14.6 Å². The predicted octanol–water partition coefficient (Wildman–Crippen LogP) is 3.51. The molecular weight excluding hydrogens is 358 g/mol. The van der Waals surface area contributed by atoms with Crippen LogP contribution in [0.5, 0.6) is 11.5 Å². The molecule has 2 rings (SSSR count). The molecule has 2 N–H and O–H groups in total. The topological polar surface area (TPSA) is 50.7 Å². The van der Waals surface area contributed by atoms with Gasteiger partial charge in [0.15, 0.2) is 11.5 Å². The second kappa shape index (κ2) is 9.55. The van der Waals surface area contributed by atoms with E-state index < -0.39 is 0 Å². The molecule has 0 saturated heterocycles. The van der Waals surface area contributed by atoms with Crippen molar-refractivity contribution in [1.82, 2.24) is 5.32 Å². The van der Waals surface area contributed by atoms with Crippen LogP contribution in [0.25, 0.3) is 0 Å². The second-order valence-electron chi connectivity index (χ2n) is 5.12. The summed E-state index contributed by atoms with van der Waals surface area (Å²) in [4.78, 5) is 0. The summed E-state index contributed by atoms with van der Waals surface area (Å²) in [5, 5.41) is 12.1. The highest BCUT2D eigenvalue weighted by molar-refractivity contribution is 9.10. The van der Waals surface area contributed by atoms with Crippen LogP contribution in [0.4, 0.5) is 0 Å². The summed E-state index contributed by atoms with van der Waals surface area (Å²) in [5.41, 5.74) is 2.20. The van der Waals surface area contributed by atoms with Crippen LogP contribution in [0.3, 0.4) is 0 Å². The van der Waals surface area contributed by atoms with Crippen LogP contribution in [-0.2, 0) is 13.2 Å². The fourth-order valence-electron chi connectivity index (χ4n) is 2.15. The molecule has 0 radical (unpaired) electrons. The van der Waals surface area contributed by atoms with Crippen LogP contribution in [0, 0.1) is 0 Å². The van der Waals surface area contributed by atoms with E-state index in [0.717, 1.165) is 28.6 Å². The zero-order chi connectivity index (χ0) is 16.5. The molecule has 2 aromatic rings. The van der Waals surface area contributed by atoms with Gasteiger partial charge in [-0.15, -0.1) is 0 Å². The van der Waals surface area contributed by atoms with Crippen LogP contribution in [-0.4, -0.2) is 25.4 Å². The van der Waals surface area contributed by atoms with Crippen LogP contribution in [0.15, 0.2) is 46.9 Å². The van der Waals surface area contributed by atoms with Crippen molar-refractivity contribution in [2.45, 2.75) is 19.6 Å². The first-order valence-corrected chi connectivity index (χ1v) is 8.38. The van der Waals surface area contributed by atoms with Crippen molar-refractivity contribution in [2.24, 2.45) is 0 Å². The van der Waals surface area contributed by atoms with Crippen molar-refractivity contribution in [2.75, 3.05) is 20.3 Å². The van der Waals surface area contributed by atoms with Crippen LogP contribution >= 0.6 is 15.9 Å². The largest absolute Gasteiger partial charge is 0.493 e. The lowest BCUT2D eigenvalue weighted by atomic mass is 10.2. The van der Waals surface area contributed by atoms with Gasteiger partial charge in [-0.25, -0.2) is 0 Å². The van der Waals surface area contributed by atoms with E-state index >= 15 is 0 Å². The number of aliphatic hydroxyl groups is 1. The lowest BCUT2D eigenvalue weighted by Crippen LogP contribution is -2.16. The van der Waals surface area contributed by atoms with Gasteiger partial charge in [-0.1, -0.05) is 46.3 Å². The number of nitrogens with one attached hydrogen (secondary N) is 1. The number of benzene rings is 2. The number of hydrogen-bond acceptors (Lipinski definition) is 4. The van der Waals surface area contributed by atoms with E-state index in [0.29, 0.717) is 24.7 Å². The first-order chi connectivity index (χ1) is 11.2. The molecule has 0 aliphatic heterocycles. The third-order valence-corrected chi connectivity index (χ3v) is 4.14. The maximum atomic E-state index is 8.80. The minimum Gasteiger partial charge on any atom is -0.493 e. The molecule has 0 aliphatic carbocycles. The zero-order valence-electron chi connectivity index (χ0n) is 13.2. The fraction of sp³-hybridized carbons (Fsp3) is 0.333. The van der Waals surface area contributed by atoms with E-state index in [1.165, 1.54) is 0 Å². The van der Waals surface area contributed by atoms with Gasteiger partial charge in [-0.2, -0.15) is 0 Å². The third kappa shape index (κ3) is 5.53.